The first-order valence-electron chi connectivity index (χ1n) is 10.9. The lowest BCUT2D eigenvalue weighted by Crippen LogP contribution is -2.38. The fourth-order valence-electron chi connectivity index (χ4n) is 4.75. The Labute approximate surface area is 189 Å². The molecule has 2 amide bonds. The molecule has 0 saturated heterocycles. The fourth-order valence-corrected chi connectivity index (χ4v) is 4.75. The van der Waals surface area contributed by atoms with Crippen LogP contribution in [0.15, 0.2) is 52.0 Å². The van der Waals surface area contributed by atoms with E-state index in [-0.39, 0.29) is 29.8 Å². The molecule has 2 aromatic carbocycles. The van der Waals surface area contributed by atoms with E-state index in [9.17, 15) is 24.7 Å². The van der Waals surface area contributed by atoms with Crippen LogP contribution < -0.4 is 0 Å². The van der Waals surface area contributed by atoms with Gasteiger partial charge in [-0.3, -0.25) is 19.3 Å². The van der Waals surface area contributed by atoms with E-state index in [1.165, 1.54) is 5.56 Å². The Bertz CT molecular complexity index is 1290. The summed E-state index contributed by atoms with van der Waals surface area (Å²) in [5, 5.41) is 23.8. The first-order valence-corrected chi connectivity index (χ1v) is 10.9. The topological polar surface area (TPSA) is 120 Å². The van der Waals surface area contributed by atoms with Crippen LogP contribution >= 0.6 is 0 Å². The zero-order chi connectivity index (χ0) is 23.1. The monoisotopic (exact) mass is 446 g/mol. The van der Waals surface area contributed by atoms with Crippen molar-refractivity contribution < 1.29 is 29.1 Å². The van der Waals surface area contributed by atoms with E-state index in [4.69, 9.17) is 4.42 Å². The molecule has 8 nitrogen and oxygen atoms in total. The number of nitrogens with zero attached hydrogens (tertiary/aromatic N) is 2. The zero-order valence-electron chi connectivity index (χ0n) is 17.8. The van der Waals surface area contributed by atoms with E-state index in [0.29, 0.717) is 11.1 Å². The molecule has 3 aromatic rings. The molecule has 2 N–H and O–H groups in total. The Morgan fingerprint density at radius 3 is 2.42 bits per heavy atom. The van der Waals surface area contributed by atoms with Gasteiger partial charge in [-0.2, -0.15) is 0 Å². The molecule has 33 heavy (non-hydrogen) atoms. The maximum absolute atomic E-state index is 12.7. The summed E-state index contributed by atoms with van der Waals surface area (Å²) >= 11 is 0. The third-order valence-electron chi connectivity index (χ3n) is 6.48. The number of carboxylic acids is 1. The first kappa shape index (κ1) is 20.9. The largest absolute Gasteiger partial charge is 0.481 e. The van der Waals surface area contributed by atoms with Crippen LogP contribution in [0.2, 0.25) is 0 Å². The van der Waals surface area contributed by atoms with Gasteiger partial charge in [0.05, 0.1) is 22.8 Å². The quantitative estimate of drug-likeness (QED) is 0.257. The molecule has 2 aliphatic rings. The van der Waals surface area contributed by atoms with Gasteiger partial charge in [-0.25, -0.2) is 0 Å². The van der Waals surface area contributed by atoms with Gasteiger partial charge in [0.15, 0.2) is 0 Å². The fraction of sp³-hybridized carbons (Fsp3) is 0.280. The van der Waals surface area contributed by atoms with Gasteiger partial charge in [-0.05, 0) is 37.5 Å². The van der Waals surface area contributed by atoms with Gasteiger partial charge < -0.3 is 14.7 Å². The SMILES string of the molecule is O=C(O)[C@H](CC(=NO)c1ccc2c3c(oc2c1)CCCC3)CN1C(=O)c2ccccc2C1=O. The van der Waals surface area contributed by atoms with E-state index in [1.807, 2.05) is 6.07 Å². The van der Waals surface area contributed by atoms with Gasteiger partial charge in [-0.15, -0.1) is 0 Å². The zero-order valence-corrected chi connectivity index (χ0v) is 17.8. The van der Waals surface area contributed by atoms with Crippen LogP contribution in [-0.4, -0.2) is 45.3 Å². The number of amides is 2. The number of oxime groups is 1. The van der Waals surface area contributed by atoms with E-state index in [2.05, 4.69) is 5.16 Å². The van der Waals surface area contributed by atoms with Crippen LogP contribution in [0.5, 0.6) is 0 Å². The summed E-state index contributed by atoms with van der Waals surface area (Å²) in [5.41, 5.74) is 3.08. The molecule has 2 heterocycles. The molecule has 1 aliphatic carbocycles. The molecule has 0 fully saturated rings. The van der Waals surface area contributed by atoms with Gasteiger partial charge >= 0.3 is 5.97 Å². The normalized spacial score (nSPS) is 16.7. The highest BCUT2D eigenvalue weighted by Gasteiger charge is 2.38. The van der Waals surface area contributed by atoms with Crippen molar-refractivity contribution in [1.82, 2.24) is 4.90 Å². The number of furan rings is 1. The number of aryl methyl sites for hydroxylation is 2. The third-order valence-corrected chi connectivity index (χ3v) is 6.48. The molecule has 0 unspecified atom stereocenters. The molecule has 0 spiro atoms. The lowest BCUT2D eigenvalue weighted by Gasteiger charge is -2.20. The first-order chi connectivity index (χ1) is 16.0. The molecular formula is C25H22N2O6. The van der Waals surface area contributed by atoms with E-state index >= 15 is 0 Å². The summed E-state index contributed by atoms with van der Waals surface area (Å²) in [4.78, 5) is 38.3. The number of rotatable bonds is 6. The van der Waals surface area contributed by atoms with Crippen molar-refractivity contribution in [3.63, 3.8) is 0 Å². The molecular weight excluding hydrogens is 424 g/mol. The van der Waals surface area contributed by atoms with Crippen molar-refractivity contribution in [1.29, 1.82) is 0 Å². The number of imide groups is 1. The number of aliphatic carboxylic acids is 1. The summed E-state index contributed by atoms with van der Waals surface area (Å²) in [7, 11) is 0. The van der Waals surface area contributed by atoms with E-state index < -0.39 is 23.7 Å². The second kappa shape index (κ2) is 8.20. The van der Waals surface area contributed by atoms with Crippen molar-refractivity contribution >= 4 is 34.5 Å². The van der Waals surface area contributed by atoms with Gasteiger partial charge in [-0.1, -0.05) is 29.4 Å². The van der Waals surface area contributed by atoms with Crippen LogP contribution in [0.3, 0.4) is 0 Å². The molecule has 1 aromatic heterocycles. The van der Waals surface area contributed by atoms with Crippen molar-refractivity contribution in [3.8, 4) is 0 Å². The molecule has 0 radical (unpaired) electrons. The molecule has 0 saturated carbocycles. The summed E-state index contributed by atoms with van der Waals surface area (Å²) < 4.78 is 6.00. The van der Waals surface area contributed by atoms with Gasteiger partial charge in [0.2, 0.25) is 0 Å². The molecule has 0 bridgehead atoms. The number of carbonyl (C=O) groups is 3. The minimum atomic E-state index is -1.19. The second-order valence-corrected chi connectivity index (χ2v) is 8.47. The van der Waals surface area contributed by atoms with Crippen LogP contribution in [0.4, 0.5) is 0 Å². The Hall–Kier alpha value is -3.94. The summed E-state index contributed by atoms with van der Waals surface area (Å²) in [6, 6.07) is 11.8. The molecule has 1 aliphatic heterocycles. The third kappa shape index (κ3) is 3.57. The highest BCUT2D eigenvalue weighted by molar-refractivity contribution is 6.21. The van der Waals surface area contributed by atoms with Gasteiger partial charge in [0.25, 0.3) is 11.8 Å². The maximum Gasteiger partial charge on any atom is 0.308 e. The average molecular weight is 446 g/mol. The van der Waals surface area contributed by atoms with Crippen LogP contribution in [0, 0.1) is 5.92 Å². The summed E-state index contributed by atoms with van der Waals surface area (Å²) in [5.74, 6) is -2.40. The number of carboxylic acid groups (broad SMARTS) is 1. The predicted molar refractivity (Wildman–Crippen MR) is 119 cm³/mol. The van der Waals surface area contributed by atoms with Gasteiger partial charge in [0.1, 0.15) is 11.3 Å². The van der Waals surface area contributed by atoms with Gasteiger partial charge in [0, 0.05) is 35.9 Å². The number of fused-ring (bicyclic) bond motifs is 4. The molecule has 5 rings (SSSR count). The van der Waals surface area contributed by atoms with Crippen molar-refractivity contribution in [2.75, 3.05) is 6.54 Å². The standard InChI is InChI=1S/C25H22N2O6/c28-23-18-6-1-2-7-19(18)24(29)27(23)13-15(25(30)31)11-20(26-32)14-9-10-17-16-5-3-4-8-21(16)33-22(17)12-14/h1-2,6-7,9-10,12,15,32H,3-5,8,11,13H2,(H,30,31)/t15-/m1/s1. The Morgan fingerprint density at radius 1 is 1.06 bits per heavy atom. The summed E-state index contributed by atoms with van der Waals surface area (Å²) in [6.07, 6.45) is 3.89. The molecule has 168 valence electrons. The lowest BCUT2D eigenvalue weighted by atomic mass is 9.94. The van der Waals surface area contributed by atoms with E-state index in [1.54, 1.807) is 36.4 Å². The van der Waals surface area contributed by atoms with E-state index in [0.717, 1.165) is 41.7 Å². The van der Waals surface area contributed by atoms with Crippen molar-refractivity contribution in [2.45, 2.75) is 32.1 Å². The van der Waals surface area contributed by atoms with Crippen LogP contribution in [0.25, 0.3) is 11.0 Å². The highest BCUT2D eigenvalue weighted by atomic mass is 16.4. The van der Waals surface area contributed by atoms with Crippen LogP contribution in [-0.2, 0) is 17.6 Å². The predicted octanol–water partition coefficient (Wildman–Crippen LogP) is 3.88. The minimum Gasteiger partial charge on any atom is -0.481 e. The molecule has 1 atom stereocenters. The smallest absolute Gasteiger partial charge is 0.308 e. The number of hydrogen-bond donors (Lipinski definition) is 2. The molecule has 8 heteroatoms. The Kier molecular flexibility index (Phi) is 5.20. The lowest BCUT2D eigenvalue weighted by molar-refractivity contribution is -0.141. The second-order valence-electron chi connectivity index (χ2n) is 8.47. The average Bonchev–Trinajstić information content (AvgIpc) is 3.31. The Balaban J connectivity index is 1.39. The van der Waals surface area contributed by atoms with Crippen molar-refractivity contribution in [3.05, 3.63) is 70.5 Å². The maximum atomic E-state index is 12.7. The minimum absolute atomic E-state index is 0.148. The number of benzene rings is 2. The van der Waals surface area contributed by atoms with Crippen LogP contribution in [0.1, 0.15) is 56.9 Å². The van der Waals surface area contributed by atoms with Crippen molar-refractivity contribution in [2.24, 2.45) is 11.1 Å². The summed E-state index contributed by atoms with van der Waals surface area (Å²) in [6.45, 7) is -0.321. The number of hydrogen-bond acceptors (Lipinski definition) is 6. The number of carbonyl (C=O) groups excluding carboxylic acids is 2. The highest BCUT2D eigenvalue weighted by Crippen LogP contribution is 2.33. The Morgan fingerprint density at radius 2 is 1.76 bits per heavy atom.